The molecule has 0 saturated heterocycles. The Hall–Kier alpha value is -0.660. The topological polar surface area (TPSA) is 46.2 Å². The van der Waals surface area contributed by atoms with Crippen molar-refractivity contribution in [1.82, 2.24) is 5.32 Å². The van der Waals surface area contributed by atoms with Gasteiger partial charge in [0.1, 0.15) is 21.5 Å². The Kier molecular flexibility index (Phi) is 6.04. The molecule has 0 unspecified atom stereocenters. The fourth-order valence-electron chi connectivity index (χ4n) is 1.21. The number of halogens is 2. The summed E-state index contributed by atoms with van der Waals surface area (Å²) in [6.07, 6.45) is 1.18. The van der Waals surface area contributed by atoms with E-state index < -0.39 is 21.5 Å². The summed E-state index contributed by atoms with van der Waals surface area (Å²) < 4.78 is 47.5. The van der Waals surface area contributed by atoms with E-state index in [1.54, 1.807) is 0 Å². The Bertz CT molecular complexity index is 492. The SMILES string of the molecule is CS(=O)(=O)CCNCCSc1ccc(F)cc1F. The van der Waals surface area contributed by atoms with E-state index in [0.29, 0.717) is 23.7 Å². The molecule has 0 heterocycles. The van der Waals surface area contributed by atoms with Gasteiger partial charge in [0.15, 0.2) is 0 Å². The second-order valence-corrected chi connectivity index (χ2v) is 7.20. The highest BCUT2D eigenvalue weighted by Crippen LogP contribution is 2.21. The summed E-state index contributed by atoms with van der Waals surface area (Å²) in [6.45, 7) is 0.947. The van der Waals surface area contributed by atoms with Crippen molar-refractivity contribution in [3.63, 3.8) is 0 Å². The van der Waals surface area contributed by atoms with Gasteiger partial charge in [-0.15, -0.1) is 11.8 Å². The average molecular weight is 295 g/mol. The minimum Gasteiger partial charge on any atom is -0.315 e. The summed E-state index contributed by atoms with van der Waals surface area (Å²) >= 11 is 1.26. The Balaban J connectivity index is 2.22. The van der Waals surface area contributed by atoms with E-state index in [0.717, 1.165) is 6.07 Å². The first-order valence-corrected chi connectivity index (χ1v) is 8.39. The molecule has 0 aliphatic carbocycles. The van der Waals surface area contributed by atoms with E-state index in [2.05, 4.69) is 5.32 Å². The first kappa shape index (κ1) is 15.4. The number of sulfone groups is 1. The van der Waals surface area contributed by atoms with Crippen LogP contribution in [0.5, 0.6) is 0 Å². The zero-order valence-electron chi connectivity index (χ0n) is 9.95. The molecule has 0 aliphatic heterocycles. The monoisotopic (exact) mass is 295 g/mol. The number of hydrogen-bond donors (Lipinski definition) is 1. The molecule has 0 spiro atoms. The summed E-state index contributed by atoms with van der Waals surface area (Å²) in [5, 5.41) is 2.95. The molecule has 0 atom stereocenters. The van der Waals surface area contributed by atoms with Crippen molar-refractivity contribution < 1.29 is 17.2 Å². The summed E-state index contributed by atoms with van der Waals surface area (Å²) in [5.41, 5.74) is 0. The van der Waals surface area contributed by atoms with Crippen LogP contribution in [0.4, 0.5) is 8.78 Å². The average Bonchev–Trinajstić information content (AvgIpc) is 2.24. The minimum absolute atomic E-state index is 0.0859. The molecule has 0 fully saturated rings. The first-order valence-electron chi connectivity index (χ1n) is 5.35. The van der Waals surface area contributed by atoms with Gasteiger partial charge in [-0.1, -0.05) is 0 Å². The maximum atomic E-state index is 13.2. The molecular weight excluding hydrogens is 280 g/mol. The van der Waals surface area contributed by atoms with Gasteiger partial charge in [0.05, 0.1) is 5.75 Å². The van der Waals surface area contributed by atoms with Crippen LogP contribution in [0.3, 0.4) is 0 Å². The molecule has 0 aromatic heterocycles. The van der Waals surface area contributed by atoms with Crippen molar-refractivity contribution in [2.45, 2.75) is 4.90 Å². The second-order valence-electron chi connectivity index (χ2n) is 3.80. The van der Waals surface area contributed by atoms with E-state index in [-0.39, 0.29) is 5.75 Å². The Labute approximate surface area is 110 Å². The molecule has 3 nitrogen and oxygen atoms in total. The number of rotatable bonds is 7. The molecule has 18 heavy (non-hydrogen) atoms. The molecule has 0 radical (unpaired) electrons. The fraction of sp³-hybridized carbons (Fsp3) is 0.455. The molecule has 0 bridgehead atoms. The van der Waals surface area contributed by atoms with E-state index >= 15 is 0 Å². The quantitative estimate of drug-likeness (QED) is 0.614. The first-order chi connectivity index (χ1) is 8.38. The number of benzene rings is 1. The third-order valence-electron chi connectivity index (χ3n) is 2.08. The highest BCUT2D eigenvalue weighted by Gasteiger charge is 2.04. The van der Waals surface area contributed by atoms with Crippen LogP contribution >= 0.6 is 11.8 Å². The largest absolute Gasteiger partial charge is 0.315 e. The summed E-state index contributed by atoms with van der Waals surface area (Å²) in [6, 6.07) is 3.45. The van der Waals surface area contributed by atoms with Crippen molar-refractivity contribution in [2.24, 2.45) is 0 Å². The molecule has 1 aromatic carbocycles. The van der Waals surface area contributed by atoms with Gasteiger partial charge in [0.25, 0.3) is 0 Å². The van der Waals surface area contributed by atoms with E-state index in [1.165, 1.54) is 30.2 Å². The zero-order valence-corrected chi connectivity index (χ0v) is 11.6. The normalized spacial score (nSPS) is 11.7. The zero-order chi connectivity index (χ0) is 13.6. The second kappa shape index (κ2) is 7.06. The van der Waals surface area contributed by atoms with Crippen LogP contribution < -0.4 is 5.32 Å². The van der Waals surface area contributed by atoms with E-state index in [4.69, 9.17) is 0 Å². The summed E-state index contributed by atoms with van der Waals surface area (Å²) in [5.74, 6) is -0.492. The summed E-state index contributed by atoms with van der Waals surface area (Å²) in [4.78, 5) is 0.390. The third-order valence-corrected chi connectivity index (χ3v) is 4.08. The minimum atomic E-state index is -2.95. The third kappa shape index (κ3) is 6.32. The highest BCUT2D eigenvalue weighted by molar-refractivity contribution is 7.99. The van der Waals surface area contributed by atoms with Crippen LogP contribution in [-0.4, -0.2) is 39.3 Å². The van der Waals surface area contributed by atoms with Crippen molar-refractivity contribution >= 4 is 21.6 Å². The van der Waals surface area contributed by atoms with Crippen molar-refractivity contribution in [1.29, 1.82) is 0 Å². The van der Waals surface area contributed by atoms with Crippen LogP contribution in [0.15, 0.2) is 23.1 Å². The molecule has 7 heteroatoms. The molecule has 0 saturated carbocycles. The van der Waals surface area contributed by atoms with Crippen LogP contribution in [0.2, 0.25) is 0 Å². The maximum absolute atomic E-state index is 13.2. The Morgan fingerprint density at radius 3 is 2.61 bits per heavy atom. The van der Waals surface area contributed by atoms with E-state index in [1.807, 2.05) is 0 Å². The van der Waals surface area contributed by atoms with Gasteiger partial charge >= 0.3 is 0 Å². The maximum Gasteiger partial charge on any atom is 0.148 e. The number of nitrogens with one attached hydrogen (secondary N) is 1. The van der Waals surface area contributed by atoms with Crippen LogP contribution in [0.1, 0.15) is 0 Å². The molecule has 0 aliphatic rings. The van der Waals surface area contributed by atoms with Crippen LogP contribution in [0, 0.1) is 11.6 Å². The lowest BCUT2D eigenvalue weighted by Gasteiger charge is -2.05. The van der Waals surface area contributed by atoms with Gasteiger partial charge in [0.2, 0.25) is 0 Å². The lowest BCUT2D eigenvalue weighted by atomic mass is 10.3. The van der Waals surface area contributed by atoms with Crippen molar-refractivity contribution in [3.05, 3.63) is 29.8 Å². The molecule has 102 valence electrons. The molecular formula is C11H15F2NO2S2. The van der Waals surface area contributed by atoms with E-state index in [9.17, 15) is 17.2 Å². The van der Waals surface area contributed by atoms with Crippen molar-refractivity contribution in [3.8, 4) is 0 Å². The lowest BCUT2D eigenvalue weighted by molar-refractivity contribution is 0.565. The smallest absolute Gasteiger partial charge is 0.148 e. The highest BCUT2D eigenvalue weighted by atomic mass is 32.2. The summed E-state index contributed by atoms with van der Waals surface area (Å²) in [7, 11) is -2.95. The molecule has 0 amide bonds. The molecule has 1 aromatic rings. The van der Waals surface area contributed by atoms with Gasteiger partial charge in [0, 0.05) is 36.1 Å². The molecule has 1 rings (SSSR count). The van der Waals surface area contributed by atoms with Gasteiger partial charge in [-0.05, 0) is 12.1 Å². The lowest BCUT2D eigenvalue weighted by Crippen LogP contribution is -2.24. The predicted octanol–water partition coefficient (Wildman–Crippen LogP) is 1.69. The fourth-order valence-corrected chi connectivity index (χ4v) is 2.55. The Morgan fingerprint density at radius 1 is 1.28 bits per heavy atom. The standard InChI is InChI=1S/C11H15F2NO2S2/c1-18(15,16)7-5-14-4-6-17-11-3-2-9(12)8-10(11)13/h2-3,8,14H,4-7H2,1H3. The van der Waals surface area contributed by atoms with Gasteiger partial charge < -0.3 is 5.32 Å². The molecule has 1 N–H and O–H groups in total. The van der Waals surface area contributed by atoms with Gasteiger partial charge in [-0.3, -0.25) is 0 Å². The number of hydrogen-bond acceptors (Lipinski definition) is 4. The van der Waals surface area contributed by atoms with Gasteiger partial charge in [-0.25, -0.2) is 17.2 Å². The Morgan fingerprint density at radius 2 is 2.00 bits per heavy atom. The van der Waals surface area contributed by atoms with Crippen LogP contribution in [-0.2, 0) is 9.84 Å². The van der Waals surface area contributed by atoms with Crippen molar-refractivity contribution in [2.75, 3.05) is 30.9 Å². The van der Waals surface area contributed by atoms with Gasteiger partial charge in [-0.2, -0.15) is 0 Å². The number of thioether (sulfide) groups is 1. The van der Waals surface area contributed by atoms with Crippen LogP contribution in [0.25, 0.3) is 0 Å². The predicted molar refractivity (Wildman–Crippen MR) is 69.7 cm³/mol.